The van der Waals surface area contributed by atoms with Crippen molar-refractivity contribution in [2.24, 2.45) is 16.6 Å². The molecule has 0 spiro atoms. The van der Waals surface area contributed by atoms with E-state index in [1.807, 2.05) is 20.8 Å². The molecule has 0 saturated carbocycles. The first-order chi connectivity index (χ1) is 7.00. The minimum absolute atomic E-state index is 0.0638. The molecule has 2 N–H and O–H groups in total. The minimum Gasteiger partial charge on any atom is -0.464 e. The van der Waals surface area contributed by atoms with E-state index in [1.165, 1.54) is 0 Å². The van der Waals surface area contributed by atoms with E-state index in [-0.39, 0.29) is 23.6 Å². The van der Waals surface area contributed by atoms with Crippen molar-refractivity contribution < 1.29 is 14.3 Å². The summed E-state index contributed by atoms with van der Waals surface area (Å²) < 4.78 is 11.1. The Labute approximate surface area is 90.1 Å². The fraction of sp³-hybridized carbons (Fsp3) is 0.909. The van der Waals surface area contributed by atoms with Gasteiger partial charge in [0.05, 0.1) is 12.2 Å². The Kier molecular flexibility index (Phi) is 2.32. The molecule has 2 aliphatic heterocycles. The van der Waals surface area contributed by atoms with Gasteiger partial charge in [0.25, 0.3) is 0 Å². The van der Waals surface area contributed by atoms with Gasteiger partial charge in [-0.2, -0.15) is 0 Å². The summed E-state index contributed by atoms with van der Waals surface area (Å²) in [7, 11) is 0. The molecule has 2 rings (SSSR count). The van der Waals surface area contributed by atoms with Crippen LogP contribution < -0.4 is 5.73 Å². The van der Waals surface area contributed by atoms with Gasteiger partial charge in [-0.05, 0) is 13.3 Å². The molecule has 0 amide bonds. The minimum atomic E-state index is -0.522. The van der Waals surface area contributed by atoms with Gasteiger partial charge in [-0.15, -0.1) is 0 Å². The zero-order valence-corrected chi connectivity index (χ0v) is 9.58. The van der Waals surface area contributed by atoms with Crippen LogP contribution in [0.15, 0.2) is 0 Å². The molecule has 4 nitrogen and oxygen atoms in total. The molecule has 0 bridgehead atoms. The summed E-state index contributed by atoms with van der Waals surface area (Å²) in [6.07, 6.45) is 0.683. The molecule has 2 fully saturated rings. The van der Waals surface area contributed by atoms with Crippen LogP contribution >= 0.6 is 0 Å². The van der Waals surface area contributed by atoms with Crippen LogP contribution in [0.1, 0.15) is 27.2 Å². The Morgan fingerprint density at radius 3 is 2.67 bits per heavy atom. The van der Waals surface area contributed by atoms with Crippen molar-refractivity contribution in [1.29, 1.82) is 0 Å². The van der Waals surface area contributed by atoms with Crippen LogP contribution in [-0.4, -0.2) is 31.3 Å². The number of cyclic esters (lactones) is 1. The summed E-state index contributed by atoms with van der Waals surface area (Å²) in [6, 6.07) is 0. The van der Waals surface area contributed by atoms with Gasteiger partial charge < -0.3 is 15.2 Å². The smallest absolute Gasteiger partial charge is 0.315 e. The number of nitrogens with two attached hydrogens (primary N) is 1. The van der Waals surface area contributed by atoms with Crippen molar-refractivity contribution in [3.05, 3.63) is 0 Å². The summed E-state index contributed by atoms with van der Waals surface area (Å²) >= 11 is 0. The Balaban J connectivity index is 2.43. The molecule has 86 valence electrons. The molecular formula is C11H19NO3. The van der Waals surface area contributed by atoms with Gasteiger partial charge in [0.15, 0.2) is 0 Å². The maximum atomic E-state index is 11.9. The molecule has 0 radical (unpaired) electrons. The van der Waals surface area contributed by atoms with Gasteiger partial charge in [-0.3, -0.25) is 4.79 Å². The van der Waals surface area contributed by atoms with E-state index >= 15 is 0 Å². The van der Waals surface area contributed by atoms with Crippen LogP contribution in [-0.2, 0) is 14.3 Å². The lowest BCUT2D eigenvalue weighted by Gasteiger charge is -2.32. The highest BCUT2D eigenvalue weighted by atomic mass is 16.6. The van der Waals surface area contributed by atoms with E-state index in [0.29, 0.717) is 13.2 Å². The Morgan fingerprint density at radius 1 is 1.47 bits per heavy atom. The van der Waals surface area contributed by atoms with Crippen LogP contribution in [0.25, 0.3) is 0 Å². The number of ether oxygens (including phenoxy) is 2. The van der Waals surface area contributed by atoms with Crippen molar-refractivity contribution in [3.63, 3.8) is 0 Å². The zero-order chi connectivity index (χ0) is 11.3. The van der Waals surface area contributed by atoms with Gasteiger partial charge >= 0.3 is 5.97 Å². The first kappa shape index (κ1) is 10.9. The number of hydrogen-bond donors (Lipinski definition) is 1. The molecule has 4 unspecified atom stereocenters. The second-order valence-electron chi connectivity index (χ2n) is 4.95. The van der Waals surface area contributed by atoms with E-state index in [4.69, 9.17) is 15.2 Å². The number of fused-ring (bicyclic) bond motifs is 1. The Morgan fingerprint density at radius 2 is 2.13 bits per heavy atom. The molecule has 0 aromatic heterocycles. The number of hydrogen-bond acceptors (Lipinski definition) is 4. The van der Waals surface area contributed by atoms with Crippen LogP contribution in [0.5, 0.6) is 0 Å². The van der Waals surface area contributed by atoms with Crippen molar-refractivity contribution in [2.45, 2.75) is 39.4 Å². The second kappa shape index (κ2) is 3.19. The molecule has 0 aliphatic carbocycles. The van der Waals surface area contributed by atoms with Crippen molar-refractivity contribution in [2.75, 3.05) is 13.2 Å². The maximum Gasteiger partial charge on any atom is 0.315 e. The molecule has 0 aromatic carbocycles. The van der Waals surface area contributed by atoms with Crippen LogP contribution in [0.2, 0.25) is 0 Å². The predicted molar refractivity (Wildman–Crippen MR) is 55.2 cm³/mol. The molecule has 4 heteroatoms. The van der Waals surface area contributed by atoms with E-state index in [1.54, 1.807) is 0 Å². The molecule has 2 heterocycles. The third-order valence-electron chi connectivity index (χ3n) is 4.38. The summed E-state index contributed by atoms with van der Waals surface area (Å²) in [5.74, 6) is -0.132. The molecule has 2 aliphatic rings. The number of carbonyl (C=O) groups excluding carboxylic acids is 1. The van der Waals surface area contributed by atoms with Crippen LogP contribution in [0.3, 0.4) is 0 Å². The number of esters is 1. The quantitative estimate of drug-likeness (QED) is 0.686. The lowest BCUT2D eigenvalue weighted by molar-refractivity contribution is -0.150. The largest absolute Gasteiger partial charge is 0.464 e. The third-order valence-corrected chi connectivity index (χ3v) is 4.38. The molecule has 0 aromatic rings. The van der Waals surface area contributed by atoms with E-state index < -0.39 is 5.41 Å². The summed E-state index contributed by atoms with van der Waals surface area (Å²) in [4.78, 5) is 11.9. The standard InChI is InChI=1S/C11H19NO3/c1-4-7-11(3)9(13)14-6-10(11,2)8(5-12)15-7/h7-8H,4-6,12H2,1-3H3. The van der Waals surface area contributed by atoms with Crippen LogP contribution in [0, 0.1) is 10.8 Å². The average molecular weight is 213 g/mol. The summed E-state index contributed by atoms with van der Waals surface area (Å²) in [5, 5.41) is 0. The van der Waals surface area contributed by atoms with E-state index in [9.17, 15) is 4.79 Å². The fourth-order valence-electron chi connectivity index (χ4n) is 2.98. The highest BCUT2D eigenvalue weighted by molar-refractivity contribution is 5.81. The maximum absolute atomic E-state index is 11.9. The highest BCUT2D eigenvalue weighted by Crippen LogP contribution is 2.57. The summed E-state index contributed by atoms with van der Waals surface area (Å²) in [6.45, 7) is 6.90. The topological polar surface area (TPSA) is 61.6 Å². The number of carbonyl (C=O) groups is 1. The molecule has 4 atom stereocenters. The molecule has 15 heavy (non-hydrogen) atoms. The SMILES string of the molecule is CCC1OC(CN)C2(C)COC(=O)C12C. The van der Waals surface area contributed by atoms with E-state index in [0.717, 1.165) is 6.42 Å². The molecule has 2 saturated heterocycles. The first-order valence-corrected chi connectivity index (χ1v) is 5.53. The van der Waals surface area contributed by atoms with Crippen LogP contribution in [0.4, 0.5) is 0 Å². The number of rotatable bonds is 2. The van der Waals surface area contributed by atoms with Crippen molar-refractivity contribution in [3.8, 4) is 0 Å². The predicted octanol–water partition coefficient (Wildman–Crippen LogP) is 0.692. The lowest BCUT2D eigenvalue weighted by Crippen LogP contribution is -2.45. The molecular weight excluding hydrogens is 194 g/mol. The van der Waals surface area contributed by atoms with Gasteiger partial charge in [-0.25, -0.2) is 0 Å². The Bertz CT molecular complexity index is 294. The highest BCUT2D eigenvalue weighted by Gasteiger charge is 2.69. The summed E-state index contributed by atoms with van der Waals surface area (Å²) in [5.41, 5.74) is 4.92. The van der Waals surface area contributed by atoms with Crippen molar-refractivity contribution >= 4 is 5.97 Å². The van der Waals surface area contributed by atoms with Gasteiger partial charge in [0.2, 0.25) is 0 Å². The second-order valence-corrected chi connectivity index (χ2v) is 4.95. The van der Waals surface area contributed by atoms with Crippen molar-refractivity contribution in [1.82, 2.24) is 0 Å². The van der Waals surface area contributed by atoms with Gasteiger partial charge in [0.1, 0.15) is 12.0 Å². The lowest BCUT2D eigenvalue weighted by atomic mass is 9.63. The van der Waals surface area contributed by atoms with Gasteiger partial charge in [-0.1, -0.05) is 13.8 Å². The normalized spacial score (nSPS) is 49.2. The average Bonchev–Trinajstić information content (AvgIpc) is 2.59. The van der Waals surface area contributed by atoms with Gasteiger partial charge in [0, 0.05) is 12.0 Å². The van der Waals surface area contributed by atoms with E-state index in [2.05, 4.69) is 0 Å². The monoisotopic (exact) mass is 213 g/mol. The third kappa shape index (κ3) is 1.06. The fourth-order valence-corrected chi connectivity index (χ4v) is 2.98. The Hall–Kier alpha value is -0.610. The first-order valence-electron chi connectivity index (χ1n) is 5.53. The zero-order valence-electron chi connectivity index (χ0n) is 9.58.